The lowest BCUT2D eigenvalue weighted by Gasteiger charge is -2.19. The topological polar surface area (TPSA) is 31.2 Å². The third-order valence-corrected chi connectivity index (χ3v) is 4.29. The fourth-order valence-corrected chi connectivity index (χ4v) is 2.84. The largest absolute Gasteiger partial charge is 0.485 e. The van der Waals surface area contributed by atoms with Crippen molar-refractivity contribution in [2.75, 3.05) is 6.61 Å². The quantitative estimate of drug-likeness (QED) is 0.650. The highest BCUT2D eigenvalue weighted by atomic mass is 16.5. The normalized spacial score (nSPS) is 11.7. The number of fused-ring (bicyclic) bond motifs is 1. The van der Waals surface area contributed by atoms with Gasteiger partial charge in [-0.2, -0.15) is 0 Å². The number of hydrogen-bond donors (Lipinski definition) is 0. The molecule has 124 valence electrons. The maximum atomic E-state index is 12.5. The molecule has 2 aromatic carbocycles. The van der Waals surface area contributed by atoms with Crippen molar-refractivity contribution < 1.29 is 9.53 Å². The van der Waals surface area contributed by atoms with Crippen molar-refractivity contribution in [2.45, 2.75) is 26.2 Å². The first-order chi connectivity index (χ1) is 11.4. The molecule has 0 saturated carbocycles. The molecule has 0 aliphatic carbocycles. The average molecular weight is 321 g/mol. The van der Waals surface area contributed by atoms with Crippen LogP contribution in [0.3, 0.4) is 0 Å². The first-order valence-corrected chi connectivity index (χ1v) is 8.17. The van der Waals surface area contributed by atoms with E-state index in [0.717, 1.165) is 16.7 Å². The number of nitrogens with zero attached hydrogens (tertiary/aromatic N) is 1. The monoisotopic (exact) mass is 321 g/mol. The minimum absolute atomic E-state index is 0.00769. The summed E-state index contributed by atoms with van der Waals surface area (Å²) in [4.78, 5) is 12.5. The van der Waals surface area contributed by atoms with E-state index in [-0.39, 0.29) is 17.8 Å². The number of aromatic nitrogens is 1. The molecular weight excluding hydrogens is 298 g/mol. The fourth-order valence-electron chi connectivity index (χ4n) is 2.84. The Hall–Kier alpha value is -2.55. The van der Waals surface area contributed by atoms with E-state index in [0.29, 0.717) is 5.56 Å². The summed E-state index contributed by atoms with van der Waals surface area (Å²) in [7, 11) is 1.95. The van der Waals surface area contributed by atoms with Gasteiger partial charge in [0.05, 0.1) is 0 Å². The van der Waals surface area contributed by atoms with Gasteiger partial charge in [-0.3, -0.25) is 4.79 Å². The fraction of sp³-hybridized carbons (Fsp3) is 0.286. The van der Waals surface area contributed by atoms with Crippen LogP contribution in [-0.4, -0.2) is 17.0 Å². The Bertz CT molecular complexity index is 867. The minimum Gasteiger partial charge on any atom is -0.485 e. The summed E-state index contributed by atoms with van der Waals surface area (Å²) in [5.41, 5.74) is 3.11. The van der Waals surface area contributed by atoms with Crippen molar-refractivity contribution in [1.29, 1.82) is 0 Å². The number of aryl methyl sites for hydroxylation is 1. The lowest BCUT2D eigenvalue weighted by molar-refractivity contribution is 0.0923. The van der Waals surface area contributed by atoms with Gasteiger partial charge < -0.3 is 9.30 Å². The summed E-state index contributed by atoms with van der Waals surface area (Å²) >= 11 is 0. The van der Waals surface area contributed by atoms with E-state index >= 15 is 0 Å². The summed E-state index contributed by atoms with van der Waals surface area (Å²) in [6, 6.07) is 15.9. The molecule has 0 amide bonds. The molecule has 0 N–H and O–H groups in total. The molecule has 0 atom stereocenters. The molecule has 0 aliphatic rings. The van der Waals surface area contributed by atoms with E-state index in [1.54, 1.807) is 0 Å². The second-order valence-electron chi connectivity index (χ2n) is 7.16. The molecule has 0 spiro atoms. The zero-order valence-electron chi connectivity index (χ0n) is 14.7. The van der Waals surface area contributed by atoms with Crippen LogP contribution >= 0.6 is 0 Å². The first kappa shape index (κ1) is 16.3. The number of carbonyl (C=O) groups excluding carboxylic acids is 1. The number of carbonyl (C=O) groups is 1. The van der Waals surface area contributed by atoms with Crippen LogP contribution in [-0.2, 0) is 12.5 Å². The number of para-hydroxylation sites is 1. The highest BCUT2D eigenvalue weighted by Gasteiger charge is 2.15. The SMILES string of the molecule is Cn1cc(C(=O)COc2ccc(C(C)(C)C)cc2)c2ccccc21. The second-order valence-corrected chi connectivity index (χ2v) is 7.16. The van der Waals surface area contributed by atoms with Crippen molar-refractivity contribution in [2.24, 2.45) is 7.05 Å². The van der Waals surface area contributed by atoms with E-state index in [9.17, 15) is 4.79 Å². The molecule has 3 aromatic rings. The van der Waals surface area contributed by atoms with Crippen molar-refractivity contribution in [3.8, 4) is 5.75 Å². The second kappa shape index (κ2) is 6.16. The van der Waals surface area contributed by atoms with E-state index in [1.165, 1.54) is 5.56 Å². The van der Waals surface area contributed by atoms with E-state index in [1.807, 2.05) is 54.2 Å². The predicted molar refractivity (Wildman–Crippen MR) is 97.9 cm³/mol. The van der Waals surface area contributed by atoms with Crippen molar-refractivity contribution >= 4 is 16.7 Å². The Morgan fingerprint density at radius 3 is 2.38 bits per heavy atom. The Balaban J connectivity index is 1.73. The molecule has 3 heteroatoms. The average Bonchev–Trinajstić information content (AvgIpc) is 2.90. The van der Waals surface area contributed by atoms with Gasteiger partial charge in [-0.15, -0.1) is 0 Å². The Labute approximate surface area is 142 Å². The van der Waals surface area contributed by atoms with Crippen LogP contribution in [0.25, 0.3) is 10.9 Å². The molecule has 0 bridgehead atoms. The first-order valence-electron chi connectivity index (χ1n) is 8.17. The Kier molecular flexibility index (Phi) is 4.18. The van der Waals surface area contributed by atoms with Gasteiger partial charge in [-0.05, 0) is 29.2 Å². The highest BCUT2D eigenvalue weighted by Crippen LogP contribution is 2.25. The molecule has 0 saturated heterocycles. The maximum absolute atomic E-state index is 12.5. The van der Waals surface area contributed by atoms with Crippen LogP contribution in [0.1, 0.15) is 36.7 Å². The van der Waals surface area contributed by atoms with Crippen LogP contribution in [0.4, 0.5) is 0 Å². The van der Waals surface area contributed by atoms with Gasteiger partial charge in [0, 0.05) is 29.7 Å². The smallest absolute Gasteiger partial charge is 0.202 e. The molecule has 0 aliphatic heterocycles. The minimum atomic E-state index is -0.00769. The number of benzene rings is 2. The number of ketones is 1. The predicted octanol–water partition coefficient (Wildman–Crippen LogP) is 4.74. The van der Waals surface area contributed by atoms with Crippen LogP contribution in [0.5, 0.6) is 5.75 Å². The van der Waals surface area contributed by atoms with Crippen molar-refractivity contribution in [1.82, 2.24) is 4.57 Å². The molecule has 0 radical (unpaired) electrons. The van der Waals surface area contributed by atoms with Gasteiger partial charge in [0.15, 0.2) is 6.61 Å². The number of rotatable bonds is 4. The van der Waals surface area contributed by atoms with Gasteiger partial charge in [0.2, 0.25) is 5.78 Å². The summed E-state index contributed by atoms with van der Waals surface area (Å²) < 4.78 is 7.66. The zero-order chi connectivity index (χ0) is 17.3. The maximum Gasteiger partial charge on any atom is 0.202 e. The van der Waals surface area contributed by atoms with E-state index in [4.69, 9.17) is 4.74 Å². The molecular formula is C21H23NO2. The Morgan fingerprint density at radius 2 is 1.71 bits per heavy atom. The zero-order valence-corrected chi connectivity index (χ0v) is 14.7. The lowest BCUT2D eigenvalue weighted by Crippen LogP contribution is -2.12. The van der Waals surface area contributed by atoms with E-state index < -0.39 is 0 Å². The molecule has 3 nitrogen and oxygen atoms in total. The van der Waals surface area contributed by atoms with Crippen LogP contribution in [0.2, 0.25) is 0 Å². The van der Waals surface area contributed by atoms with Crippen molar-refractivity contribution in [3.63, 3.8) is 0 Å². The summed E-state index contributed by atoms with van der Waals surface area (Å²) in [6.07, 6.45) is 1.87. The number of ether oxygens (including phenoxy) is 1. The number of Topliss-reactive ketones (excluding diaryl/α,β-unsaturated/α-hetero) is 1. The van der Waals surface area contributed by atoms with Gasteiger partial charge >= 0.3 is 0 Å². The van der Waals surface area contributed by atoms with Gasteiger partial charge in [0.1, 0.15) is 5.75 Å². The molecule has 3 rings (SSSR count). The molecule has 1 aromatic heterocycles. The Morgan fingerprint density at radius 1 is 1.04 bits per heavy atom. The van der Waals surface area contributed by atoms with Crippen LogP contribution in [0, 0.1) is 0 Å². The van der Waals surface area contributed by atoms with Crippen molar-refractivity contribution in [3.05, 3.63) is 65.9 Å². The van der Waals surface area contributed by atoms with Crippen LogP contribution < -0.4 is 4.74 Å². The summed E-state index contributed by atoms with van der Waals surface area (Å²) in [5.74, 6) is 0.711. The summed E-state index contributed by atoms with van der Waals surface area (Å²) in [6.45, 7) is 6.57. The third kappa shape index (κ3) is 3.21. The molecule has 24 heavy (non-hydrogen) atoms. The molecule has 0 unspecified atom stereocenters. The van der Waals surface area contributed by atoms with Gasteiger partial charge in [-0.1, -0.05) is 51.1 Å². The third-order valence-electron chi connectivity index (χ3n) is 4.29. The standard InChI is InChI=1S/C21H23NO2/c1-21(2,3)15-9-11-16(12-10-15)24-14-20(23)18-13-22(4)19-8-6-5-7-17(18)19/h5-13H,14H2,1-4H3. The molecule has 0 fully saturated rings. The van der Waals surface area contributed by atoms with Gasteiger partial charge in [-0.25, -0.2) is 0 Å². The van der Waals surface area contributed by atoms with Gasteiger partial charge in [0.25, 0.3) is 0 Å². The van der Waals surface area contributed by atoms with E-state index in [2.05, 4.69) is 32.9 Å². The lowest BCUT2D eigenvalue weighted by atomic mass is 9.87. The van der Waals surface area contributed by atoms with Crippen LogP contribution in [0.15, 0.2) is 54.7 Å². The molecule has 1 heterocycles. The highest BCUT2D eigenvalue weighted by molar-refractivity contribution is 6.08. The number of hydrogen-bond acceptors (Lipinski definition) is 2. The summed E-state index contributed by atoms with van der Waals surface area (Å²) in [5, 5.41) is 0.969.